The molecule has 1 heterocycles. The fraction of sp³-hybridized carbons (Fsp3) is 1.00. The van der Waals surface area contributed by atoms with Gasteiger partial charge >= 0.3 is 0 Å². The zero-order chi connectivity index (χ0) is 12.6. The molecule has 1 saturated heterocycles. The van der Waals surface area contributed by atoms with E-state index in [0.29, 0.717) is 0 Å². The lowest BCUT2D eigenvalue weighted by atomic mass is 10.0. The van der Waals surface area contributed by atoms with Gasteiger partial charge < -0.3 is 10.2 Å². The highest BCUT2D eigenvalue weighted by molar-refractivity contribution is 7.98. The Morgan fingerprint density at radius 1 is 1.06 bits per heavy atom. The molecule has 3 heteroatoms. The summed E-state index contributed by atoms with van der Waals surface area (Å²) in [6.07, 6.45) is 13.5. The van der Waals surface area contributed by atoms with E-state index in [1.807, 2.05) is 11.8 Å². The first-order valence-electron chi connectivity index (χ1n) is 7.86. The minimum Gasteiger partial charge on any atom is -0.310 e. The lowest BCUT2D eigenvalue weighted by Crippen LogP contribution is -2.46. The molecule has 0 radical (unpaired) electrons. The van der Waals surface area contributed by atoms with Gasteiger partial charge in [-0.1, -0.05) is 12.8 Å². The molecular weight excluding hydrogens is 240 g/mol. The van der Waals surface area contributed by atoms with Crippen molar-refractivity contribution in [3.05, 3.63) is 0 Å². The molecule has 1 unspecified atom stereocenters. The molecule has 1 N–H and O–H groups in total. The summed E-state index contributed by atoms with van der Waals surface area (Å²) >= 11 is 1.98. The second kappa shape index (κ2) is 8.44. The molecule has 0 aromatic carbocycles. The Hall–Kier alpha value is 0.270. The lowest BCUT2D eigenvalue weighted by molar-refractivity contribution is 0.186. The van der Waals surface area contributed by atoms with Crippen LogP contribution in [0, 0.1) is 0 Å². The number of thioether (sulfide) groups is 1. The van der Waals surface area contributed by atoms with Crippen molar-refractivity contribution in [2.75, 3.05) is 31.6 Å². The zero-order valence-electron chi connectivity index (χ0n) is 12.0. The van der Waals surface area contributed by atoms with Crippen molar-refractivity contribution >= 4 is 11.8 Å². The van der Waals surface area contributed by atoms with E-state index in [1.54, 1.807) is 0 Å². The van der Waals surface area contributed by atoms with Crippen molar-refractivity contribution in [1.82, 2.24) is 10.2 Å². The highest BCUT2D eigenvalue weighted by atomic mass is 32.2. The second-order valence-corrected chi connectivity index (χ2v) is 6.97. The van der Waals surface area contributed by atoms with Crippen LogP contribution in [0.1, 0.15) is 51.4 Å². The first-order valence-corrected chi connectivity index (χ1v) is 9.25. The molecule has 0 spiro atoms. The third-order valence-corrected chi connectivity index (χ3v) is 4.82. The van der Waals surface area contributed by atoms with Crippen molar-refractivity contribution in [1.29, 1.82) is 0 Å². The van der Waals surface area contributed by atoms with Gasteiger partial charge in [0.2, 0.25) is 0 Å². The smallest absolute Gasteiger partial charge is 0.0198 e. The summed E-state index contributed by atoms with van der Waals surface area (Å²) in [6, 6.07) is 1.67. The minimum atomic E-state index is 0.794. The minimum absolute atomic E-state index is 0.794. The maximum absolute atomic E-state index is 3.80. The van der Waals surface area contributed by atoms with Crippen LogP contribution >= 0.6 is 11.8 Å². The van der Waals surface area contributed by atoms with Crippen LogP contribution in [0.4, 0.5) is 0 Å². The molecule has 0 bridgehead atoms. The Morgan fingerprint density at radius 3 is 2.67 bits per heavy atom. The SMILES string of the molecule is CSCCCCCCN1CCCC(NC2CC2)C1. The van der Waals surface area contributed by atoms with Gasteiger partial charge in [-0.15, -0.1) is 0 Å². The Bertz CT molecular complexity index is 219. The van der Waals surface area contributed by atoms with Crippen LogP contribution in [-0.2, 0) is 0 Å². The van der Waals surface area contributed by atoms with E-state index in [4.69, 9.17) is 0 Å². The Kier molecular flexibility index (Phi) is 6.88. The monoisotopic (exact) mass is 270 g/mol. The number of nitrogens with zero attached hydrogens (tertiary/aromatic N) is 1. The third kappa shape index (κ3) is 5.94. The summed E-state index contributed by atoms with van der Waals surface area (Å²) in [5.41, 5.74) is 0. The molecule has 2 fully saturated rings. The van der Waals surface area contributed by atoms with Crippen LogP contribution in [-0.4, -0.2) is 48.6 Å². The maximum atomic E-state index is 3.80. The fourth-order valence-electron chi connectivity index (χ4n) is 2.91. The largest absolute Gasteiger partial charge is 0.310 e. The molecule has 1 aliphatic heterocycles. The van der Waals surface area contributed by atoms with E-state index >= 15 is 0 Å². The van der Waals surface area contributed by atoms with Crippen molar-refractivity contribution in [3.63, 3.8) is 0 Å². The second-order valence-electron chi connectivity index (χ2n) is 5.99. The summed E-state index contributed by atoms with van der Waals surface area (Å²) in [5.74, 6) is 1.34. The predicted octanol–water partition coefficient (Wildman–Crippen LogP) is 3.13. The van der Waals surface area contributed by atoms with Crippen LogP contribution < -0.4 is 5.32 Å². The van der Waals surface area contributed by atoms with E-state index < -0.39 is 0 Å². The van der Waals surface area contributed by atoms with E-state index in [0.717, 1.165) is 12.1 Å². The summed E-state index contributed by atoms with van der Waals surface area (Å²) in [4.78, 5) is 2.69. The quantitative estimate of drug-likeness (QED) is 0.648. The molecule has 0 aromatic rings. The Balaban J connectivity index is 1.49. The van der Waals surface area contributed by atoms with E-state index in [1.165, 1.54) is 76.8 Å². The highest BCUT2D eigenvalue weighted by Gasteiger charge is 2.27. The Labute approximate surface area is 117 Å². The van der Waals surface area contributed by atoms with Crippen molar-refractivity contribution in [2.24, 2.45) is 0 Å². The van der Waals surface area contributed by atoms with Crippen molar-refractivity contribution < 1.29 is 0 Å². The van der Waals surface area contributed by atoms with E-state index in [2.05, 4.69) is 16.5 Å². The van der Waals surface area contributed by atoms with Crippen LogP contribution in [0.3, 0.4) is 0 Å². The molecule has 2 aliphatic rings. The zero-order valence-corrected chi connectivity index (χ0v) is 12.8. The molecule has 1 saturated carbocycles. The molecule has 18 heavy (non-hydrogen) atoms. The topological polar surface area (TPSA) is 15.3 Å². The summed E-state index contributed by atoms with van der Waals surface area (Å²) in [5, 5.41) is 3.80. The number of likely N-dealkylation sites (tertiary alicyclic amines) is 1. The van der Waals surface area contributed by atoms with Crippen molar-refractivity contribution in [3.8, 4) is 0 Å². The summed E-state index contributed by atoms with van der Waals surface area (Å²) < 4.78 is 0. The van der Waals surface area contributed by atoms with E-state index in [-0.39, 0.29) is 0 Å². The average molecular weight is 270 g/mol. The summed E-state index contributed by atoms with van der Waals surface area (Å²) in [6.45, 7) is 3.98. The van der Waals surface area contributed by atoms with Gasteiger partial charge in [-0.3, -0.25) is 0 Å². The lowest BCUT2D eigenvalue weighted by Gasteiger charge is -2.33. The van der Waals surface area contributed by atoms with Crippen LogP contribution in [0.2, 0.25) is 0 Å². The number of hydrogen-bond acceptors (Lipinski definition) is 3. The maximum Gasteiger partial charge on any atom is 0.0198 e. The first-order chi connectivity index (χ1) is 8.88. The number of nitrogens with one attached hydrogen (secondary N) is 1. The Morgan fingerprint density at radius 2 is 1.89 bits per heavy atom. The van der Waals surface area contributed by atoms with E-state index in [9.17, 15) is 0 Å². The highest BCUT2D eigenvalue weighted by Crippen LogP contribution is 2.22. The fourth-order valence-corrected chi connectivity index (χ4v) is 3.41. The van der Waals surface area contributed by atoms with Gasteiger partial charge in [0.15, 0.2) is 0 Å². The first kappa shape index (κ1) is 14.7. The molecular formula is C15H30N2S. The number of piperidine rings is 1. The molecule has 2 rings (SSSR count). The van der Waals surface area contributed by atoms with Gasteiger partial charge in [0.1, 0.15) is 0 Å². The van der Waals surface area contributed by atoms with Gasteiger partial charge in [0, 0.05) is 18.6 Å². The van der Waals surface area contributed by atoms with Crippen LogP contribution in [0.25, 0.3) is 0 Å². The average Bonchev–Trinajstić information content (AvgIpc) is 3.18. The number of unbranched alkanes of at least 4 members (excludes halogenated alkanes) is 3. The van der Waals surface area contributed by atoms with Crippen LogP contribution in [0.15, 0.2) is 0 Å². The molecule has 0 aromatic heterocycles. The normalized spacial score (nSPS) is 25.5. The number of hydrogen-bond donors (Lipinski definition) is 1. The molecule has 1 aliphatic carbocycles. The van der Waals surface area contributed by atoms with Crippen LogP contribution in [0.5, 0.6) is 0 Å². The third-order valence-electron chi connectivity index (χ3n) is 4.13. The van der Waals surface area contributed by atoms with Gasteiger partial charge in [0.05, 0.1) is 0 Å². The standard InChI is InChI=1S/C15H30N2S/c1-18-12-5-3-2-4-10-17-11-6-7-15(13-17)16-14-8-9-14/h14-16H,2-13H2,1H3. The number of rotatable bonds is 9. The predicted molar refractivity (Wildman–Crippen MR) is 82.5 cm³/mol. The van der Waals surface area contributed by atoms with Gasteiger partial charge in [0.25, 0.3) is 0 Å². The molecule has 106 valence electrons. The van der Waals surface area contributed by atoms with Gasteiger partial charge in [-0.05, 0) is 63.6 Å². The van der Waals surface area contributed by atoms with Gasteiger partial charge in [-0.25, -0.2) is 0 Å². The molecule has 2 nitrogen and oxygen atoms in total. The van der Waals surface area contributed by atoms with Gasteiger partial charge in [-0.2, -0.15) is 11.8 Å². The van der Waals surface area contributed by atoms with Crippen molar-refractivity contribution in [2.45, 2.75) is 63.5 Å². The molecule has 0 amide bonds. The summed E-state index contributed by atoms with van der Waals surface area (Å²) in [7, 11) is 0. The molecule has 1 atom stereocenters.